The smallest absolute Gasteiger partial charge is 0.306 e. The van der Waals surface area contributed by atoms with Crippen LogP contribution in [0, 0.1) is 22.0 Å². The van der Waals surface area contributed by atoms with Gasteiger partial charge in [0.05, 0.1) is 16.4 Å². The number of carbonyl (C=O) groups excluding carboxylic acids is 1. The predicted molar refractivity (Wildman–Crippen MR) is 75.1 cm³/mol. The number of ketones is 1. The van der Waals surface area contributed by atoms with Gasteiger partial charge in [0, 0.05) is 12.5 Å². The van der Waals surface area contributed by atoms with Gasteiger partial charge in [-0.25, -0.2) is 0 Å². The van der Waals surface area contributed by atoms with Gasteiger partial charge in [-0.15, -0.1) is 0 Å². The zero-order chi connectivity index (χ0) is 15.4. The highest BCUT2D eigenvalue weighted by atomic mass is 16.6. The van der Waals surface area contributed by atoms with E-state index in [4.69, 9.17) is 0 Å². The second-order valence-corrected chi connectivity index (χ2v) is 5.39. The first-order chi connectivity index (χ1) is 10.0. The minimum Gasteiger partial charge on any atom is -0.481 e. The number of Topliss-reactive ketones (excluding diaryl/α,β-unsaturated/α-hetero) is 1. The monoisotopic (exact) mass is 291 g/mol. The molecule has 112 valence electrons. The maximum atomic E-state index is 12.3. The van der Waals surface area contributed by atoms with Crippen molar-refractivity contribution in [3.05, 3.63) is 39.9 Å². The molecule has 0 amide bonds. The molecular formula is C15H17NO5. The molecule has 6 nitrogen and oxygen atoms in total. The van der Waals surface area contributed by atoms with Crippen LogP contribution in [0.25, 0.3) is 0 Å². The van der Waals surface area contributed by atoms with Gasteiger partial charge in [0.15, 0.2) is 5.78 Å². The van der Waals surface area contributed by atoms with E-state index >= 15 is 0 Å². The first-order valence-corrected chi connectivity index (χ1v) is 7.00. The summed E-state index contributed by atoms with van der Waals surface area (Å²) in [4.78, 5) is 33.9. The molecule has 1 aliphatic rings. The average Bonchev–Trinajstić information content (AvgIpc) is 2.47. The van der Waals surface area contributed by atoms with Crippen LogP contribution in [0.1, 0.15) is 42.5 Å². The fourth-order valence-electron chi connectivity index (χ4n) is 2.99. The van der Waals surface area contributed by atoms with Gasteiger partial charge in [-0.3, -0.25) is 19.7 Å². The molecule has 0 spiro atoms. The molecule has 0 bridgehead atoms. The highest BCUT2D eigenvalue weighted by molar-refractivity contribution is 6.00. The van der Waals surface area contributed by atoms with Gasteiger partial charge in [0.25, 0.3) is 5.69 Å². The van der Waals surface area contributed by atoms with Gasteiger partial charge >= 0.3 is 5.97 Å². The van der Waals surface area contributed by atoms with Gasteiger partial charge in [-0.1, -0.05) is 25.0 Å². The summed E-state index contributed by atoms with van der Waals surface area (Å²) < 4.78 is 0. The highest BCUT2D eigenvalue weighted by Crippen LogP contribution is 2.34. The third-order valence-electron chi connectivity index (χ3n) is 4.08. The Bertz CT molecular complexity index is 569. The van der Waals surface area contributed by atoms with E-state index in [0.717, 1.165) is 12.8 Å². The third kappa shape index (κ3) is 3.45. The molecule has 6 heteroatoms. The van der Waals surface area contributed by atoms with E-state index in [2.05, 4.69) is 0 Å². The number of carbonyl (C=O) groups is 2. The molecule has 0 saturated heterocycles. The molecule has 0 aromatic heterocycles. The number of carboxylic acids is 1. The predicted octanol–water partition coefficient (Wildman–Crippen LogP) is 3.06. The van der Waals surface area contributed by atoms with Crippen molar-refractivity contribution in [3.8, 4) is 0 Å². The van der Waals surface area contributed by atoms with Crippen LogP contribution in [0.2, 0.25) is 0 Å². The fourth-order valence-corrected chi connectivity index (χ4v) is 2.99. The molecule has 0 heterocycles. The summed E-state index contributed by atoms with van der Waals surface area (Å²) in [5.41, 5.74) is -0.151. The van der Waals surface area contributed by atoms with Crippen LogP contribution >= 0.6 is 0 Å². The largest absolute Gasteiger partial charge is 0.481 e. The van der Waals surface area contributed by atoms with Crippen molar-refractivity contribution in [1.29, 1.82) is 0 Å². The third-order valence-corrected chi connectivity index (χ3v) is 4.08. The standard InChI is InChI=1S/C15H17NO5/c17-14(12-7-3-4-8-13(12)16(20)21)9-10-5-1-2-6-11(10)15(18)19/h3-4,7-8,10-11H,1-2,5-6,9H2,(H,18,19)/t10-,11+/m0/s1. The Morgan fingerprint density at radius 2 is 1.90 bits per heavy atom. The molecule has 1 saturated carbocycles. The van der Waals surface area contributed by atoms with Crippen molar-refractivity contribution in [1.82, 2.24) is 0 Å². The van der Waals surface area contributed by atoms with Crippen molar-refractivity contribution in [2.24, 2.45) is 11.8 Å². The molecular weight excluding hydrogens is 274 g/mol. The lowest BCUT2D eigenvalue weighted by Gasteiger charge is -2.27. The van der Waals surface area contributed by atoms with Crippen molar-refractivity contribution in [2.75, 3.05) is 0 Å². The minimum atomic E-state index is -0.880. The number of benzene rings is 1. The van der Waals surface area contributed by atoms with Crippen LogP contribution in [0.5, 0.6) is 0 Å². The van der Waals surface area contributed by atoms with Gasteiger partial charge in [-0.2, -0.15) is 0 Å². The summed E-state index contributed by atoms with van der Waals surface area (Å²) in [5.74, 6) is -1.98. The Morgan fingerprint density at radius 1 is 1.24 bits per heavy atom. The number of para-hydroxylation sites is 1. The number of aliphatic carboxylic acids is 1. The Hall–Kier alpha value is -2.24. The van der Waals surface area contributed by atoms with E-state index in [-0.39, 0.29) is 29.4 Å². The van der Waals surface area contributed by atoms with Crippen LogP contribution in [-0.2, 0) is 4.79 Å². The maximum Gasteiger partial charge on any atom is 0.306 e. The quantitative estimate of drug-likeness (QED) is 0.510. The van der Waals surface area contributed by atoms with Gasteiger partial charge in [-0.05, 0) is 24.8 Å². The molecule has 1 aromatic rings. The number of nitro benzene ring substituents is 1. The van der Waals surface area contributed by atoms with Gasteiger partial charge in [0.1, 0.15) is 0 Å². The molecule has 1 aliphatic carbocycles. The molecule has 2 rings (SSSR count). The van der Waals surface area contributed by atoms with Crippen LogP contribution in [-0.4, -0.2) is 21.8 Å². The molecule has 1 aromatic carbocycles. The topological polar surface area (TPSA) is 97.5 Å². The number of rotatable bonds is 5. The minimum absolute atomic E-state index is 0.0574. The number of hydrogen-bond acceptors (Lipinski definition) is 4. The molecule has 0 aliphatic heterocycles. The van der Waals surface area contributed by atoms with Crippen molar-refractivity contribution >= 4 is 17.4 Å². The van der Waals surface area contributed by atoms with E-state index in [1.807, 2.05) is 0 Å². The molecule has 0 radical (unpaired) electrons. The van der Waals surface area contributed by atoms with Crippen LogP contribution in [0.4, 0.5) is 5.69 Å². The van der Waals surface area contributed by atoms with Gasteiger partial charge in [0.2, 0.25) is 0 Å². The molecule has 1 fully saturated rings. The zero-order valence-electron chi connectivity index (χ0n) is 11.5. The van der Waals surface area contributed by atoms with E-state index in [1.54, 1.807) is 6.07 Å². The lowest BCUT2D eigenvalue weighted by Crippen LogP contribution is -2.28. The van der Waals surface area contributed by atoms with Crippen molar-refractivity contribution in [3.63, 3.8) is 0 Å². The lowest BCUT2D eigenvalue weighted by molar-refractivity contribution is -0.385. The summed E-state index contributed by atoms with van der Waals surface area (Å²) in [7, 11) is 0. The van der Waals surface area contributed by atoms with E-state index in [0.29, 0.717) is 12.8 Å². The molecule has 2 atom stereocenters. The highest BCUT2D eigenvalue weighted by Gasteiger charge is 2.33. The van der Waals surface area contributed by atoms with E-state index < -0.39 is 16.8 Å². The molecule has 1 N–H and O–H groups in total. The summed E-state index contributed by atoms with van der Waals surface area (Å²) in [6, 6.07) is 5.81. The summed E-state index contributed by atoms with van der Waals surface area (Å²) in [6.45, 7) is 0. The maximum absolute atomic E-state index is 12.3. The molecule has 21 heavy (non-hydrogen) atoms. The second-order valence-electron chi connectivity index (χ2n) is 5.39. The second kappa shape index (κ2) is 6.47. The van der Waals surface area contributed by atoms with E-state index in [9.17, 15) is 24.8 Å². The summed E-state index contributed by atoms with van der Waals surface area (Å²) in [6.07, 6.45) is 3.07. The van der Waals surface area contributed by atoms with Crippen LogP contribution in [0.15, 0.2) is 24.3 Å². The number of nitrogens with zero attached hydrogens (tertiary/aromatic N) is 1. The normalized spacial score (nSPS) is 21.7. The Labute approximate surface area is 121 Å². The SMILES string of the molecule is O=C(C[C@@H]1CCCC[C@H]1C(=O)O)c1ccccc1[N+](=O)[O-]. The molecule has 0 unspecified atom stereocenters. The summed E-state index contributed by atoms with van der Waals surface area (Å²) >= 11 is 0. The number of nitro groups is 1. The van der Waals surface area contributed by atoms with Crippen molar-refractivity contribution in [2.45, 2.75) is 32.1 Å². The number of carboxylic acid groups (broad SMARTS) is 1. The Kier molecular flexibility index (Phi) is 4.67. The van der Waals surface area contributed by atoms with Crippen LogP contribution < -0.4 is 0 Å². The average molecular weight is 291 g/mol. The number of hydrogen-bond donors (Lipinski definition) is 1. The fraction of sp³-hybridized carbons (Fsp3) is 0.467. The van der Waals surface area contributed by atoms with Gasteiger partial charge < -0.3 is 5.11 Å². The zero-order valence-corrected chi connectivity index (χ0v) is 11.5. The lowest BCUT2D eigenvalue weighted by atomic mass is 9.76. The van der Waals surface area contributed by atoms with Crippen LogP contribution in [0.3, 0.4) is 0 Å². The first-order valence-electron chi connectivity index (χ1n) is 7.00. The van der Waals surface area contributed by atoms with E-state index in [1.165, 1.54) is 18.2 Å². The van der Waals surface area contributed by atoms with Crippen molar-refractivity contribution < 1.29 is 19.6 Å². The Morgan fingerprint density at radius 3 is 2.57 bits per heavy atom. The Balaban J connectivity index is 2.17. The summed E-state index contributed by atoms with van der Waals surface area (Å²) in [5, 5.41) is 20.2. The first kappa shape index (κ1) is 15.2.